The summed E-state index contributed by atoms with van der Waals surface area (Å²) in [5.41, 5.74) is 1.27. The summed E-state index contributed by atoms with van der Waals surface area (Å²) in [6.07, 6.45) is 5.04. The Morgan fingerprint density at radius 1 is 1.42 bits per heavy atom. The Bertz CT molecular complexity index is 788. The average Bonchev–Trinajstić information content (AvgIpc) is 2.66. The lowest BCUT2D eigenvalue weighted by atomic mass is 9.87. The highest BCUT2D eigenvalue weighted by Crippen LogP contribution is 2.34. The molecule has 3 atom stereocenters. The molecule has 0 amide bonds. The number of nitrogens with zero attached hydrogens (tertiary/aromatic N) is 4. The van der Waals surface area contributed by atoms with Crippen LogP contribution in [0, 0.1) is 11.3 Å². The third-order valence-corrected chi connectivity index (χ3v) is 5.07. The van der Waals surface area contributed by atoms with E-state index < -0.39 is 0 Å². The number of aromatic nitrogens is 2. The maximum Gasteiger partial charge on any atom is 0.161 e. The molecule has 2 aromatic heterocycles. The third kappa shape index (κ3) is 2.60. The highest BCUT2D eigenvalue weighted by atomic mass is 16.5. The van der Waals surface area contributed by atoms with E-state index in [-0.39, 0.29) is 18.2 Å². The lowest BCUT2D eigenvalue weighted by molar-refractivity contribution is -0.0473. The van der Waals surface area contributed by atoms with Gasteiger partial charge in [0.1, 0.15) is 11.9 Å². The molecule has 0 bridgehead atoms. The number of anilines is 1. The van der Waals surface area contributed by atoms with Gasteiger partial charge in [-0.05, 0) is 37.5 Å². The number of ether oxygens (including phenoxy) is 2. The van der Waals surface area contributed by atoms with Crippen molar-refractivity contribution in [3.63, 3.8) is 0 Å². The second-order valence-corrected chi connectivity index (χ2v) is 6.36. The molecular weight excluding hydrogens is 304 g/mol. The Labute approximate surface area is 141 Å². The van der Waals surface area contributed by atoms with E-state index in [1.54, 1.807) is 13.3 Å². The van der Waals surface area contributed by atoms with E-state index in [9.17, 15) is 5.26 Å². The monoisotopic (exact) mass is 324 g/mol. The van der Waals surface area contributed by atoms with Crippen molar-refractivity contribution in [2.24, 2.45) is 0 Å². The van der Waals surface area contributed by atoms with Crippen LogP contribution in [0.2, 0.25) is 0 Å². The van der Waals surface area contributed by atoms with Crippen LogP contribution in [0.15, 0.2) is 24.4 Å². The molecule has 0 radical (unpaired) electrons. The predicted octanol–water partition coefficient (Wildman–Crippen LogP) is 2.27. The lowest BCUT2D eigenvalue weighted by Crippen LogP contribution is -2.55. The van der Waals surface area contributed by atoms with E-state index in [0.29, 0.717) is 17.8 Å². The number of pyridine rings is 2. The summed E-state index contributed by atoms with van der Waals surface area (Å²) >= 11 is 0. The molecule has 1 saturated heterocycles. The predicted molar refractivity (Wildman–Crippen MR) is 89.8 cm³/mol. The lowest BCUT2D eigenvalue weighted by Gasteiger charge is -2.46. The van der Waals surface area contributed by atoms with Crippen LogP contribution in [0.4, 0.5) is 5.82 Å². The SMILES string of the molecule is COC1CCC2OCCN(c3nc4ncccc4cc3C#N)C2C1. The number of fused-ring (bicyclic) bond motifs is 2. The molecule has 24 heavy (non-hydrogen) atoms. The van der Waals surface area contributed by atoms with Gasteiger partial charge in [-0.15, -0.1) is 0 Å². The van der Waals surface area contributed by atoms with Gasteiger partial charge in [0.15, 0.2) is 5.65 Å². The zero-order chi connectivity index (χ0) is 16.5. The Balaban J connectivity index is 1.76. The van der Waals surface area contributed by atoms with Crippen molar-refractivity contribution in [3.8, 4) is 6.07 Å². The molecule has 0 aromatic carbocycles. The van der Waals surface area contributed by atoms with Gasteiger partial charge in [-0.25, -0.2) is 9.97 Å². The van der Waals surface area contributed by atoms with E-state index in [1.165, 1.54) is 0 Å². The van der Waals surface area contributed by atoms with Crippen LogP contribution in [0.1, 0.15) is 24.8 Å². The molecule has 124 valence electrons. The van der Waals surface area contributed by atoms with Crippen LogP contribution in [0.5, 0.6) is 0 Å². The first-order valence-electron chi connectivity index (χ1n) is 8.37. The van der Waals surface area contributed by atoms with E-state index in [4.69, 9.17) is 14.5 Å². The third-order valence-electron chi connectivity index (χ3n) is 5.07. The summed E-state index contributed by atoms with van der Waals surface area (Å²) in [6.45, 7) is 1.39. The molecule has 3 unspecified atom stereocenters. The van der Waals surface area contributed by atoms with Gasteiger partial charge in [-0.3, -0.25) is 0 Å². The van der Waals surface area contributed by atoms with Gasteiger partial charge in [0.05, 0.1) is 30.4 Å². The molecule has 2 fully saturated rings. The van der Waals surface area contributed by atoms with Crippen molar-refractivity contribution in [2.75, 3.05) is 25.2 Å². The minimum absolute atomic E-state index is 0.179. The van der Waals surface area contributed by atoms with Crippen molar-refractivity contribution in [2.45, 2.75) is 37.5 Å². The molecule has 2 aliphatic rings. The fraction of sp³-hybridized carbons (Fsp3) is 0.500. The number of hydrogen-bond acceptors (Lipinski definition) is 6. The van der Waals surface area contributed by atoms with E-state index in [2.05, 4.69) is 16.0 Å². The summed E-state index contributed by atoms with van der Waals surface area (Å²) in [6, 6.07) is 8.17. The molecule has 6 nitrogen and oxygen atoms in total. The summed E-state index contributed by atoms with van der Waals surface area (Å²) in [5.74, 6) is 0.721. The maximum atomic E-state index is 9.61. The minimum atomic E-state index is 0.179. The highest BCUT2D eigenvalue weighted by Gasteiger charge is 2.39. The van der Waals surface area contributed by atoms with Gasteiger partial charge in [0.25, 0.3) is 0 Å². The fourth-order valence-corrected chi connectivity index (χ4v) is 3.85. The summed E-state index contributed by atoms with van der Waals surface area (Å²) in [4.78, 5) is 11.3. The van der Waals surface area contributed by atoms with Crippen LogP contribution in [0.25, 0.3) is 11.0 Å². The molecule has 4 rings (SSSR count). The normalized spacial score (nSPS) is 26.8. The molecule has 0 N–H and O–H groups in total. The topological polar surface area (TPSA) is 71.3 Å². The minimum Gasteiger partial charge on any atom is -0.381 e. The van der Waals surface area contributed by atoms with Crippen LogP contribution < -0.4 is 4.90 Å². The highest BCUT2D eigenvalue weighted by molar-refractivity contribution is 5.80. The number of methoxy groups -OCH3 is 1. The second kappa shape index (κ2) is 6.34. The molecule has 0 spiro atoms. The maximum absolute atomic E-state index is 9.61. The summed E-state index contributed by atoms with van der Waals surface area (Å²) in [5, 5.41) is 10.5. The molecule has 3 heterocycles. The standard InChI is InChI=1S/C18H20N4O2/c1-23-14-4-5-16-15(10-14)22(7-8-24-16)18-13(11-19)9-12-3-2-6-20-17(12)21-18/h2-3,6,9,14-16H,4-5,7-8,10H2,1H3. The second-order valence-electron chi connectivity index (χ2n) is 6.36. The van der Waals surface area contributed by atoms with Gasteiger partial charge in [-0.2, -0.15) is 5.26 Å². The summed E-state index contributed by atoms with van der Waals surface area (Å²) < 4.78 is 11.5. The van der Waals surface area contributed by atoms with Crippen molar-refractivity contribution in [1.29, 1.82) is 5.26 Å². The molecule has 1 aliphatic carbocycles. The average molecular weight is 324 g/mol. The number of nitriles is 1. The fourth-order valence-electron chi connectivity index (χ4n) is 3.85. The Hall–Kier alpha value is -2.23. The van der Waals surface area contributed by atoms with Crippen LogP contribution >= 0.6 is 0 Å². The first-order valence-corrected chi connectivity index (χ1v) is 8.37. The van der Waals surface area contributed by atoms with Crippen LogP contribution in [-0.4, -0.2) is 48.5 Å². The number of morpholine rings is 1. The van der Waals surface area contributed by atoms with Gasteiger partial charge < -0.3 is 14.4 Å². The first kappa shape index (κ1) is 15.3. The summed E-state index contributed by atoms with van der Waals surface area (Å²) in [7, 11) is 1.76. The van der Waals surface area contributed by atoms with Crippen molar-refractivity contribution in [3.05, 3.63) is 30.0 Å². The van der Waals surface area contributed by atoms with Gasteiger partial charge >= 0.3 is 0 Å². The van der Waals surface area contributed by atoms with E-state index in [1.807, 2.05) is 18.2 Å². The quantitative estimate of drug-likeness (QED) is 0.844. The van der Waals surface area contributed by atoms with E-state index in [0.717, 1.165) is 37.0 Å². The first-order chi connectivity index (χ1) is 11.8. The Morgan fingerprint density at radius 3 is 3.17 bits per heavy atom. The smallest absolute Gasteiger partial charge is 0.161 e. The Morgan fingerprint density at radius 2 is 2.33 bits per heavy atom. The number of hydrogen-bond donors (Lipinski definition) is 0. The molecule has 1 aliphatic heterocycles. The largest absolute Gasteiger partial charge is 0.381 e. The van der Waals surface area contributed by atoms with Crippen LogP contribution in [-0.2, 0) is 9.47 Å². The van der Waals surface area contributed by atoms with Gasteiger partial charge in [0.2, 0.25) is 0 Å². The molecule has 1 saturated carbocycles. The zero-order valence-electron chi connectivity index (χ0n) is 13.7. The molecule has 2 aromatic rings. The van der Waals surface area contributed by atoms with Gasteiger partial charge in [-0.1, -0.05) is 0 Å². The van der Waals surface area contributed by atoms with Crippen molar-refractivity contribution >= 4 is 16.9 Å². The molecule has 6 heteroatoms. The van der Waals surface area contributed by atoms with Gasteiger partial charge in [0, 0.05) is 25.2 Å². The van der Waals surface area contributed by atoms with Crippen LogP contribution in [0.3, 0.4) is 0 Å². The van der Waals surface area contributed by atoms with E-state index >= 15 is 0 Å². The number of rotatable bonds is 2. The van der Waals surface area contributed by atoms with Crippen molar-refractivity contribution < 1.29 is 9.47 Å². The van der Waals surface area contributed by atoms with Crippen molar-refractivity contribution in [1.82, 2.24) is 9.97 Å². The zero-order valence-corrected chi connectivity index (χ0v) is 13.7. The molecular formula is C18H20N4O2. The Kier molecular flexibility index (Phi) is 4.05.